The Morgan fingerprint density at radius 2 is 2.00 bits per heavy atom. The zero-order valence-corrected chi connectivity index (χ0v) is 12.5. The molecule has 20 heavy (non-hydrogen) atoms. The Morgan fingerprint density at radius 3 is 2.60 bits per heavy atom. The molecule has 0 saturated carbocycles. The summed E-state index contributed by atoms with van der Waals surface area (Å²) in [5, 5.41) is 0. The molecule has 0 saturated heterocycles. The summed E-state index contributed by atoms with van der Waals surface area (Å²) in [6, 6.07) is 7.09. The molecule has 1 aliphatic rings. The maximum Gasteiger partial charge on any atom is 0.415 e. The lowest BCUT2D eigenvalue weighted by molar-refractivity contribution is 0.0558. The molecule has 0 N–H and O–H groups in total. The van der Waals surface area contributed by atoms with Gasteiger partial charge in [0.1, 0.15) is 5.60 Å². The molecule has 0 fully saturated rings. The third kappa shape index (κ3) is 2.84. The smallest absolute Gasteiger partial charge is 0.415 e. The number of ether oxygens (including phenoxy) is 1. The van der Waals surface area contributed by atoms with E-state index in [1.54, 1.807) is 17.0 Å². The average Bonchev–Trinajstić information content (AvgIpc) is 2.36. The van der Waals surface area contributed by atoms with E-state index in [0.717, 1.165) is 6.42 Å². The number of ketones is 1. The topological polar surface area (TPSA) is 46.6 Å². The number of amides is 1. The van der Waals surface area contributed by atoms with Crippen LogP contribution in [0.25, 0.3) is 0 Å². The predicted octanol–water partition coefficient (Wildman–Crippen LogP) is 3.79. The van der Waals surface area contributed by atoms with Crippen LogP contribution in [0.2, 0.25) is 0 Å². The van der Waals surface area contributed by atoms with E-state index in [0.29, 0.717) is 17.7 Å². The van der Waals surface area contributed by atoms with Gasteiger partial charge in [0, 0.05) is 18.0 Å². The summed E-state index contributed by atoms with van der Waals surface area (Å²) in [5.41, 5.74) is 0.707. The van der Waals surface area contributed by atoms with Crippen molar-refractivity contribution in [2.45, 2.75) is 52.2 Å². The Bertz CT molecular complexity index is 531. The summed E-state index contributed by atoms with van der Waals surface area (Å²) in [6.07, 6.45) is 0.691. The summed E-state index contributed by atoms with van der Waals surface area (Å²) in [7, 11) is 0. The van der Waals surface area contributed by atoms with E-state index in [1.807, 2.05) is 39.8 Å². The maximum absolute atomic E-state index is 12.4. The Hall–Kier alpha value is -1.84. The molecule has 1 aromatic rings. The van der Waals surface area contributed by atoms with Crippen LogP contribution in [0, 0.1) is 0 Å². The van der Waals surface area contributed by atoms with Crippen molar-refractivity contribution >= 4 is 17.6 Å². The second-order valence-corrected chi connectivity index (χ2v) is 6.06. The van der Waals surface area contributed by atoms with E-state index in [1.165, 1.54) is 0 Å². The van der Waals surface area contributed by atoms with Gasteiger partial charge in [0.15, 0.2) is 5.78 Å². The number of fused-ring (bicyclic) bond motifs is 1. The van der Waals surface area contributed by atoms with Crippen molar-refractivity contribution in [2.75, 3.05) is 4.90 Å². The molecule has 1 aromatic carbocycles. The first-order chi connectivity index (χ1) is 9.33. The van der Waals surface area contributed by atoms with Crippen molar-refractivity contribution in [2.24, 2.45) is 0 Å². The fourth-order valence-corrected chi connectivity index (χ4v) is 2.42. The van der Waals surface area contributed by atoms with Crippen LogP contribution in [0.3, 0.4) is 0 Å². The lowest BCUT2D eigenvalue weighted by atomic mass is 9.93. The van der Waals surface area contributed by atoms with Crippen LogP contribution in [0.4, 0.5) is 10.5 Å². The Kier molecular flexibility index (Phi) is 3.84. The number of carbonyl (C=O) groups is 2. The fourth-order valence-electron chi connectivity index (χ4n) is 2.42. The van der Waals surface area contributed by atoms with E-state index in [9.17, 15) is 9.59 Å². The minimum absolute atomic E-state index is 0.0901. The molecule has 1 unspecified atom stereocenters. The molecule has 0 radical (unpaired) electrons. The molecule has 4 heteroatoms. The predicted molar refractivity (Wildman–Crippen MR) is 78.2 cm³/mol. The quantitative estimate of drug-likeness (QED) is 0.783. The van der Waals surface area contributed by atoms with Crippen molar-refractivity contribution in [1.29, 1.82) is 0 Å². The van der Waals surface area contributed by atoms with Crippen molar-refractivity contribution in [3.8, 4) is 0 Å². The molecule has 4 nitrogen and oxygen atoms in total. The highest BCUT2D eigenvalue weighted by Gasteiger charge is 2.36. The van der Waals surface area contributed by atoms with Crippen LogP contribution in [-0.4, -0.2) is 23.5 Å². The normalized spacial score (nSPS) is 18.7. The van der Waals surface area contributed by atoms with Crippen molar-refractivity contribution in [3.63, 3.8) is 0 Å². The van der Waals surface area contributed by atoms with Gasteiger partial charge in [-0.05, 0) is 39.3 Å². The van der Waals surface area contributed by atoms with Gasteiger partial charge in [-0.15, -0.1) is 0 Å². The van der Waals surface area contributed by atoms with Gasteiger partial charge in [0.25, 0.3) is 0 Å². The zero-order valence-electron chi connectivity index (χ0n) is 12.5. The second kappa shape index (κ2) is 5.27. The van der Waals surface area contributed by atoms with E-state index >= 15 is 0 Å². The molecule has 1 aliphatic heterocycles. The van der Waals surface area contributed by atoms with Gasteiger partial charge in [-0.1, -0.05) is 19.1 Å². The van der Waals surface area contributed by atoms with Gasteiger partial charge in [-0.25, -0.2) is 4.79 Å². The highest BCUT2D eigenvalue weighted by molar-refractivity contribution is 6.08. The van der Waals surface area contributed by atoms with Crippen LogP contribution in [0.15, 0.2) is 24.3 Å². The Labute approximate surface area is 119 Å². The highest BCUT2D eigenvalue weighted by Crippen LogP contribution is 2.33. The van der Waals surface area contributed by atoms with Gasteiger partial charge in [-0.3, -0.25) is 9.69 Å². The summed E-state index contributed by atoms with van der Waals surface area (Å²) in [4.78, 5) is 26.2. The number of hydrogen-bond acceptors (Lipinski definition) is 3. The van der Waals surface area contributed by atoms with Gasteiger partial charge in [-0.2, -0.15) is 0 Å². The molecule has 1 atom stereocenters. The van der Waals surface area contributed by atoms with Crippen LogP contribution in [0.1, 0.15) is 50.9 Å². The van der Waals surface area contributed by atoms with Crippen LogP contribution >= 0.6 is 0 Å². The molecular weight excluding hydrogens is 254 g/mol. The van der Waals surface area contributed by atoms with Crippen molar-refractivity contribution in [3.05, 3.63) is 29.8 Å². The number of anilines is 1. The number of hydrogen-bond donors (Lipinski definition) is 0. The number of carbonyl (C=O) groups excluding carboxylic acids is 2. The number of rotatable bonds is 1. The van der Waals surface area contributed by atoms with E-state index < -0.39 is 5.60 Å². The van der Waals surface area contributed by atoms with Gasteiger partial charge < -0.3 is 4.74 Å². The lowest BCUT2D eigenvalue weighted by Crippen LogP contribution is -2.47. The van der Waals surface area contributed by atoms with Crippen LogP contribution < -0.4 is 4.90 Å². The second-order valence-electron chi connectivity index (χ2n) is 6.06. The third-order valence-electron chi connectivity index (χ3n) is 3.31. The molecule has 0 bridgehead atoms. The number of para-hydroxylation sites is 1. The van der Waals surface area contributed by atoms with Gasteiger partial charge >= 0.3 is 6.09 Å². The van der Waals surface area contributed by atoms with Gasteiger partial charge in [0.05, 0.1) is 5.69 Å². The lowest BCUT2D eigenvalue weighted by Gasteiger charge is -2.36. The molecule has 108 valence electrons. The van der Waals surface area contributed by atoms with E-state index in [-0.39, 0.29) is 17.9 Å². The minimum atomic E-state index is -0.550. The molecule has 0 spiro atoms. The zero-order chi connectivity index (χ0) is 14.9. The summed E-state index contributed by atoms with van der Waals surface area (Å²) >= 11 is 0. The third-order valence-corrected chi connectivity index (χ3v) is 3.31. The Balaban J connectivity index is 2.40. The summed E-state index contributed by atoms with van der Waals surface area (Å²) in [5.74, 6) is 0.0901. The minimum Gasteiger partial charge on any atom is -0.443 e. The van der Waals surface area contributed by atoms with Crippen molar-refractivity contribution in [1.82, 2.24) is 0 Å². The van der Waals surface area contributed by atoms with E-state index in [4.69, 9.17) is 4.74 Å². The first kappa shape index (κ1) is 14.6. The first-order valence-corrected chi connectivity index (χ1v) is 6.98. The first-order valence-electron chi connectivity index (χ1n) is 6.98. The molecule has 1 heterocycles. The summed E-state index contributed by atoms with van der Waals surface area (Å²) in [6.45, 7) is 7.50. The number of Topliss-reactive ketones (excluding diaryl/α,β-unsaturated/α-hetero) is 1. The number of benzene rings is 1. The monoisotopic (exact) mass is 275 g/mol. The summed E-state index contributed by atoms with van der Waals surface area (Å²) < 4.78 is 5.48. The Morgan fingerprint density at radius 1 is 1.35 bits per heavy atom. The highest BCUT2D eigenvalue weighted by atomic mass is 16.6. The van der Waals surface area contributed by atoms with Crippen molar-refractivity contribution < 1.29 is 14.3 Å². The molecule has 2 rings (SSSR count). The van der Waals surface area contributed by atoms with Gasteiger partial charge in [0.2, 0.25) is 0 Å². The van der Waals surface area contributed by atoms with Crippen LogP contribution in [-0.2, 0) is 4.74 Å². The van der Waals surface area contributed by atoms with Crippen LogP contribution in [0.5, 0.6) is 0 Å². The standard InChI is InChI=1S/C16H21NO3/c1-5-11-10-14(18)12-8-6-7-9-13(12)17(11)15(19)20-16(2,3)4/h6-9,11H,5,10H2,1-4H3. The average molecular weight is 275 g/mol. The largest absolute Gasteiger partial charge is 0.443 e. The fraction of sp³-hybridized carbons (Fsp3) is 0.500. The SMILES string of the molecule is CCC1CC(=O)c2ccccc2N1C(=O)OC(C)(C)C. The molecule has 0 aromatic heterocycles. The molecular formula is C16H21NO3. The molecule has 0 aliphatic carbocycles. The maximum atomic E-state index is 12.4. The van der Waals surface area contributed by atoms with E-state index in [2.05, 4.69) is 0 Å². The molecule has 1 amide bonds. The number of nitrogens with zero attached hydrogens (tertiary/aromatic N) is 1.